The number of nitrogens with zero attached hydrogens (tertiary/aromatic N) is 2. The molecular weight excluding hydrogens is 338 g/mol. The summed E-state index contributed by atoms with van der Waals surface area (Å²) >= 11 is 0. The van der Waals surface area contributed by atoms with Crippen LogP contribution in [0.1, 0.15) is 28.4 Å². The van der Waals surface area contributed by atoms with Crippen LogP contribution in [0.4, 0.5) is 0 Å². The fourth-order valence-electron chi connectivity index (χ4n) is 2.64. The van der Waals surface area contributed by atoms with E-state index in [2.05, 4.69) is 4.98 Å². The van der Waals surface area contributed by atoms with Crippen LogP contribution < -0.4 is 16.9 Å². The van der Waals surface area contributed by atoms with E-state index >= 15 is 0 Å². The molecular formula is C18H13N3O5. The van der Waals surface area contributed by atoms with Crippen LogP contribution in [0.15, 0.2) is 49.1 Å². The quantitative estimate of drug-likeness (QED) is 0.698. The van der Waals surface area contributed by atoms with E-state index in [1.54, 1.807) is 6.92 Å². The molecule has 8 nitrogen and oxygen atoms in total. The summed E-state index contributed by atoms with van der Waals surface area (Å²) in [5.74, 6) is -0.461. The molecule has 3 rings (SSSR count). The predicted octanol–water partition coefficient (Wildman–Crippen LogP) is 0.960. The fourth-order valence-corrected chi connectivity index (χ4v) is 2.64. The Hall–Kier alpha value is -3.73. The van der Waals surface area contributed by atoms with Crippen molar-refractivity contribution in [2.45, 2.75) is 19.9 Å². The lowest BCUT2D eigenvalue weighted by molar-refractivity contribution is 0.0969. The SMILES string of the molecule is CCc1cc(=O)oc2[nH]c(=O)n(CC(=O)c3ccc(C#N)cc3)c(=O)c12. The van der Waals surface area contributed by atoms with Gasteiger partial charge in [0.2, 0.25) is 5.71 Å². The van der Waals surface area contributed by atoms with E-state index in [0.29, 0.717) is 17.5 Å². The van der Waals surface area contributed by atoms with E-state index in [4.69, 9.17) is 9.68 Å². The van der Waals surface area contributed by atoms with Crippen molar-refractivity contribution in [3.05, 3.63) is 78.3 Å². The fraction of sp³-hybridized carbons (Fsp3) is 0.167. The number of carbonyl (C=O) groups excluding carboxylic acids is 1. The predicted molar refractivity (Wildman–Crippen MR) is 92.2 cm³/mol. The molecule has 0 spiro atoms. The Balaban J connectivity index is 2.10. The first kappa shape index (κ1) is 17.1. The maximum atomic E-state index is 12.7. The Labute approximate surface area is 145 Å². The second kappa shape index (κ2) is 6.64. The highest BCUT2D eigenvalue weighted by Crippen LogP contribution is 2.10. The van der Waals surface area contributed by atoms with E-state index in [-0.39, 0.29) is 16.7 Å². The van der Waals surface area contributed by atoms with Crippen molar-refractivity contribution in [1.82, 2.24) is 9.55 Å². The zero-order chi connectivity index (χ0) is 18.8. The molecule has 0 radical (unpaired) electrons. The minimum absolute atomic E-state index is 0.0688. The van der Waals surface area contributed by atoms with Gasteiger partial charge >= 0.3 is 11.3 Å². The van der Waals surface area contributed by atoms with Gasteiger partial charge in [0.05, 0.1) is 18.2 Å². The number of aromatic nitrogens is 2. The molecule has 130 valence electrons. The molecule has 0 aliphatic heterocycles. The van der Waals surface area contributed by atoms with E-state index in [1.807, 2.05) is 6.07 Å². The number of nitriles is 1. The number of rotatable bonds is 4. The maximum absolute atomic E-state index is 12.7. The van der Waals surface area contributed by atoms with Crippen LogP contribution in [0, 0.1) is 11.3 Å². The van der Waals surface area contributed by atoms with Gasteiger partial charge in [-0.1, -0.05) is 19.1 Å². The van der Waals surface area contributed by atoms with Crippen molar-refractivity contribution in [2.24, 2.45) is 0 Å². The first-order chi connectivity index (χ1) is 12.4. The molecule has 0 aliphatic rings. The summed E-state index contributed by atoms with van der Waals surface area (Å²) < 4.78 is 5.66. The number of aromatic amines is 1. The molecule has 3 aromatic rings. The summed E-state index contributed by atoms with van der Waals surface area (Å²) in [6.45, 7) is 1.28. The van der Waals surface area contributed by atoms with E-state index < -0.39 is 29.2 Å². The smallest absolute Gasteiger partial charge is 0.337 e. The van der Waals surface area contributed by atoms with Crippen LogP contribution >= 0.6 is 0 Å². The Morgan fingerprint density at radius 1 is 1.23 bits per heavy atom. The molecule has 26 heavy (non-hydrogen) atoms. The molecule has 1 aromatic carbocycles. The minimum atomic E-state index is -0.846. The van der Waals surface area contributed by atoms with Crippen molar-refractivity contribution in [3.63, 3.8) is 0 Å². The molecule has 0 unspecified atom stereocenters. The number of fused-ring (bicyclic) bond motifs is 1. The maximum Gasteiger partial charge on any atom is 0.337 e. The highest BCUT2D eigenvalue weighted by atomic mass is 16.4. The van der Waals surface area contributed by atoms with E-state index in [1.165, 1.54) is 30.3 Å². The lowest BCUT2D eigenvalue weighted by Gasteiger charge is -2.07. The second-order valence-electron chi connectivity index (χ2n) is 5.58. The lowest BCUT2D eigenvalue weighted by atomic mass is 10.1. The molecule has 0 atom stereocenters. The normalized spacial score (nSPS) is 10.6. The molecule has 0 fully saturated rings. The molecule has 2 aromatic heterocycles. The van der Waals surface area contributed by atoms with Gasteiger partial charge in [-0.25, -0.2) is 9.59 Å². The molecule has 8 heteroatoms. The molecule has 0 amide bonds. The van der Waals surface area contributed by atoms with Gasteiger partial charge in [0.1, 0.15) is 5.39 Å². The summed E-state index contributed by atoms with van der Waals surface area (Å²) in [5.41, 5.74) is -1.33. The van der Waals surface area contributed by atoms with Crippen molar-refractivity contribution >= 4 is 16.9 Å². The van der Waals surface area contributed by atoms with Crippen LogP contribution in [0.2, 0.25) is 0 Å². The van der Waals surface area contributed by atoms with Gasteiger partial charge in [-0.3, -0.25) is 19.1 Å². The Morgan fingerprint density at radius 3 is 2.54 bits per heavy atom. The number of hydrogen-bond acceptors (Lipinski definition) is 6. The number of benzene rings is 1. The van der Waals surface area contributed by atoms with Gasteiger partial charge in [0.25, 0.3) is 5.56 Å². The molecule has 2 heterocycles. The van der Waals surface area contributed by atoms with Crippen LogP contribution in [0.3, 0.4) is 0 Å². The molecule has 0 aliphatic carbocycles. The Bertz CT molecular complexity index is 1220. The summed E-state index contributed by atoms with van der Waals surface area (Å²) in [7, 11) is 0. The number of H-pyrrole nitrogens is 1. The standard InChI is InChI=1S/C18H13N3O5/c1-2-11-7-14(23)26-16-15(11)17(24)21(18(25)20-16)9-13(22)12-5-3-10(8-19)4-6-12/h3-7H,2,9H2,1H3,(H,20,25). The van der Waals surface area contributed by atoms with Crippen molar-refractivity contribution in [3.8, 4) is 6.07 Å². The van der Waals surface area contributed by atoms with Crippen LogP contribution in [-0.4, -0.2) is 15.3 Å². The average molecular weight is 351 g/mol. The van der Waals surface area contributed by atoms with E-state index in [9.17, 15) is 19.2 Å². The highest BCUT2D eigenvalue weighted by molar-refractivity contribution is 5.96. The summed E-state index contributed by atoms with van der Waals surface area (Å²) in [6.07, 6.45) is 0.382. The van der Waals surface area contributed by atoms with Crippen molar-refractivity contribution in [2.75, 3.05) is 0 Å². The third kappa shape index (κ3) is 2.98. The number of hydrogen-bond donors (Lipinski definition) is 1. The minimum Gasteiger partial charge on any atom is -0.405 e. The number of nitrogens with one attached hydrogen (secondary N) is 1. The van der Waals surface area contributed by atoms with Gasteiger partial charge in [-0.15, -0.1) is 0 Å². The van der Waals surface area contributed by atoms with Crippen LogP contribution in [0.5, 0.6) is 0 Å². The Kier molecular flexibility index (Phi) is 4.37. The van der Waals surface area contributed by atoms with Crippen LogP contribution in [-0.2, 0) is 13.0 Å². The number of aryl methyl sites for hydroxylation is 1. The van der Waals surface area contributed by atoms with Gasteiger partial charge in [0, 0.05) is 11.6 Å². The topological polar surface area (TPSA) is 126 Å². The van der Waals surface area contributed by atoms with Crippen LogP contribution in [0.25, 0.3) is 11.1 Å². The summed E-state index contributed by atoms with van der Waals surface area (Å²) in [6, 6.07) is 9.00. The summed E-state index contributed by atoms with van der Waals surface area (Å²) in [4.78, 5) is 51.1. The first-order valence-corrected chi connectivity index (χ1v) is 7.77. The third-order valence-electron chi connectivity index (χ3n) is 3.99. The molecule has 0 saturated heterocycles. The van der Waals surface area contributed by atoms with E-state index in [0.717, 1.165) is 4.57 Å². The van der Waals surface area contributed by atoms with Gasteiger partial charge in [0.15, 0.2) is 5.78 Å². The highest BCUT2D eigenvalue weighted by Gasteiger charge is 2.16. The molecule has 0 bridgehead atoms. The van der Waals surface area contributed by atoms with Gasteiger partial charge in [-0.2, -0.15) is 5.26 Å². The second-order valence-corrected chi connectivity index (χ2v) is 5.58. The van der Waals surface area contributed by atoms with Gasteiger partial charge in [-0.05, 0) is 24.1 Å². The lowest BCUT2D eigenvalue weighted by Crippen LogP contribution is -2.38. The molecule has 0 saturated carbocycles. The average Bonchev–Trinajstić information content (AvgIpc) is 2.63. The van der Waals surface area contributed by atoms with Crippen molar-refractivity contribution in [1.29, 1.82) is 5.26 Å². The van der Waals surface area contributed by atoms with Crippen molar-refractivity contribution < 1.29 is 9.21 Å². The first-order valence-electron chi connectivity index (χ1n) is 7.77. The third-order valence-corrected chi connectivity index (χ3v) is 3.99. The molecule has 1 N–H and O–H groups in total. The monoisotopic (exact) mass is 351 g/mol. The number of Topliss-reactive ketones (excluding diaryl/α,β-unsaturated/α-hetero) is 1. The van der Waals surface area contributed by atoms with Gasteiger partial charge < -0.3 is 4.42 Å². The zero-order valence-corrected chi connectivity index (χ0v) is 13.7. The number of ketones is 1. The zero-order valence-electron chi connectivity index (χ0n) is 13.7. The number of carbonyl (C=O) groups is 1. The Morgan fingerprint density at radius 2 is 1.92 bits per heavy atom. The summed E-state index contributed by atoms with van der Waals surface area (Å²) in [5, 5.41) is 8.86. The largest absolute Gasteiger partial charge is 0.405 e.